The number of nitrogens with one attached hydrogen (secondary N) is 1. The highest BCUT2D eigenvalue weighted by atomic mass is 16.7. The van der Waals surface area contributed by atoms with Crippen LogP contribution in [0.1, 0.15) is 31.9 Å². The molecule has 1 aliphatic rings. The molecule has 1 N–H and O–H groups in total. The molecule has 0 fully saturated rings. The molecule has 5 heteroatoms. The van der Waals surface area contributed by atoms with E-state index in [9.17, 15) is 4.79 Å². The molecule has 0 spiro atoms. The molecular weight excluding hydrogens is 330 g/mol. The van der Waals surface area contributed by atoms with Crippen LogP contribution in [0.15, 0.2) is 42.5 Å². The van der Waals surface area contributed by atoms with Crippen LogP contribution in [0.25, 0.3) is 0 Å². The second-order valence-electron chi connectivity index (χ2n) is 7.32. The van der Waals surface area contributed by atoms with Gasteiger partial charge in [-0.3, -0.25) is 4.79 Å². The van der Waals surface area contributed by atoms with Gasteiger partial charge in [-0.05, 0) is 41.2 Å². The first kappa shape index (κ1) is 18.1. The zero-order valence-electron chi connectivity index (χ0n) is 15.5. The van der Waals surface area contributed by atoms with Crippen molar-refractivity contribution in [1.82, 2.24) is 5.32 Å². The Balaban J connectivity index is 1.47. The monoisotopic (exact) mass is 355 g/mol. The molecule has 1 amide bonds. The minimum atomic E-state index is -0.130. The predicted molar refractivity (Wildman–Crippen MR) is 99.9 cm³/mol. The number of para-hydroxylation sites is 1. The summed E-state index contributed by atoms with van der Waals surface area (Å²) in [5, 5.41) is 2.89. The van der Waals surface area contributed by atoms with Crippen LogP contribution >= 0.6 is 0 Å². The van der Waals surface area contributed by atoms with Crippen molar-refractivity contribution in [1.29, 1.82) is 0 Å². The van der Waals surface area contributed by atoms with Crippen molar-refractivity contribution >= 4 is 5.91 Å². The van der Waals surface area contributed by atoms with Crippen molar-refractivity contribution in [2.45, 2.75) is 32.6 Å². The second kappa shape index (κ2) is 7.68. The Hall–Kier alpha value is -2.69. The predicted octanol–water partition coefficient (Wildman–Crippen LogP) is 3.45. The standard InChI is InChI=1S/C21H25NO4/c1-21(2,3)16-6-4-5-7-17(16)24-13-20(23)22-11-10-15-8-9-18-19(12-15)26-14-25-18/h4-9,12H,10-11,13-14H2,1-3H3,(H,22,23). The number of hydrogen-bond acceptors (Lipinski definition) is 4. The van der Waals surface area contributed by atoms with E-state index in [1.807, 2.05) is 42.5 Å². The van der Waals surface area contributed by atoms with Gasteiger partial charge in [0.1, 0.15) is 5.75 Å². The van der Waals surface area contributed by atoms with Crippen molar-refractivity contribution in [3.8, 4) is 17.2 Å². The Bertz CT molecular complexity index is 780. The molecule has 1 aliphatic heterocycles. The zero-order valence-corrected chi connectivity index (χ0v) is 15.5. The van der Waals surface area contributed by atoms with E-state index in [-0.39, 0.29) is 24.7 Å². The van der Waals surface area contributed by atoms with Gasteiger partial charge in [-0.15, -0.1) is 0 Å². The molecule has 0 aromatic heterocycles. The Labute approximate surface area is 154 Å². The molecule has 0 aliphatic carbocycles. The van der Waals surface area contributed by atoms with Gasteiger partial charge in [0.2, 0.25) is 6.79 Å². The topological polar surface area (TPSA) is 56.8 Å². The van der Waals surface area contributed by atoms with E-state index in [0.29, 0.717) is 6.54 Å². The van der Waals surface area contributed by atoms with Crippen LogP contribution in [-0.4, -0.2) is 25.9 Å². The third-order valence-electron chi connectivity index (χ3n) is 4.23. The van der Waals surface area contributed by atoms with Crippen molar-refractivity contribution in [3.63, 3.8) is 0 Å². The number of carbonyl (C=O) groups excluding carboxylic acids is 1. The molecule has 26 heavy (non-hydrogen) atoms. The number of rotatable bonds is 6. The third-order valence-corrected chi connectivity index (χ3v) is 4.23. The van der Waals surface area contributed by atoms with Gasteiger partial charge in [-0.25, -0.2) is 0 Å². The smallest absolute Gasteiger partial charge is 0.257 e. The molecule has 0 radical (unpaired) electrons. The summed E-state index contributed by atoms with van der Waals surface area (Å²) in [6.45, 7) is 7.20. The summed E-state index contributed by atoms with van der Waals surface area (Å²) < 4.78 is 16.4. The van der Waals surface area contributed by atoms with E-state index >= 15 is 0 Å². The van der Waals surface area contributed by atoms with Gasteiger partial charge in [-0.2, -0.15) is 0 Å². The summed E-state index contributed by atoms with van der Waals surface area (Å²) >= 11 is 0. The summed E-state index contributed by atoms with van der Waals surface area (Å²) in [6, 6.07) is 13.7. The number of ether oxygens (including phenoxy) is 3. The molecule has 1 heterocycles. The first-order valence-corrected chi connectivity index (χ1v) is 8.81. The molecule has 2 aromatic carbocycles. The lowest BCUT2D eigenvalue weighted by molar-refractivity contribution is -0.123. The van der Waals surface area contributed by atoms with E-state index in [4.69, 9.17) is 14.2 Å². The Kier molecular flexibility index (Phi) is 5.35. The van der Waals surface area contributed by atoms with Crippen LogP contribution in [0.5, 0.6) is 17.2 Å². The normalized spacial score (nSPS) is 12.7. The Morgan fingerprint density at radius 1 is 1.12 bits per heavy atom. The molecule has 2 aromatic rings. The minimum absolute atomic E-state index is 0.00817. The second-order valence-corrected chi connectivity index (χ2v) is 7.32. The van der Waals surface area contributed by atoms with Crippen LogP contribution in [-0.2, 0) is 16.6 Å². The fourth-order valence-corrected chi connectivity index (χ4v) is 2.85. The molecule has 138 valence electrons. The van der Waals surface area contributed by atoms with Crippen LogP contribution in [0.3, 0.4) is 0 Å². The van der Waals surface area contributed by atoms with Crippen LogP contribution in [0.2, 0.25) is 0 Å². The van der Waals surface area contributed by atoms with Crippen LogP contribution < -0.4 is 19.5 Å². The molecule has 0 unspecified atom stereocenters. The highest BCUT2D eigenvalue weighted by Crippen LogP contribution is 2.32. The highest BCUT2D eigenvalue weighted by molar-refractivity contribution is 5.77. The van der Waals surface area contributed by atoms with E-state index < -0.39 is 0 Å². The maximum Gasteiger partial charge on any atom is 0.257 e. The Morgan fingerprint density at radius 3 is 2.69 bits per heavy atom. The van der Waals surface area contributed by atoms with E-state index in [1.165, 1.54) is 0 Å². The van der Waals surface area contributed by atoms with Gasteiger partial charge >= 0.3 is 0 Å². The number of benzene rings is 2. The highest BCUT2D eigenvalue weighted by Gasteiger charge is 2.19. The molecule has 3 rings (SSSR count). The van der Waals surface area contributed by atoms with E-state index in [1.54, 1.807) is 0 Å². The Morgan fingerprint density at radius 2 is 1.88 bits per heavy atom. The average molecular weight is 355 g/mol. The van der Waals surface area contributed by atoms with Crippen LogP contribution in [0, 0.1) is 0 Å². The lowest BCUT2D eigenvalue weighted by Crippen LogP contribution is -2.31. The van der Waals surface area contributed by atoms with E-state index in [0.717, 1.165) is 34.8 Å². The number of carbonyl (C=O) groups is 1. The summed E-state index contributed by atoms with van der Waals surface area (Å²) in [6.07, 6.45) is 0.723. The summed E-state index contributed by atoms with van der Waals surface area (Å²) in [4.78, 5) is 12.1. The first-order chi connectivity index (χ1) is 12.4. The van der Waals surface area contributed by atoms with Crippen molar-refractivity contribution in [2.75, 3.05) is 19.9 Å². The first-order valence-electron chi connectivity index (χ1n) is 8.81. The van der Waals surface area contributed by atoms with Crippen molar-refractivity contribution in [2.24, 2.45) is 0 Å². The van der Waals surface area contributed by atoms with Gasteiger partial charge in [0.05, 0.1) is 0 Å². The molecular formula is C21H25NO4. The van der Waals surface area contributed by atoms with Crippen molar-refractivity contribution < 1.29 is 19.0 Å². The quantitative estimate of drug-likeness (QED) is 0.862. The molecule has 0 saturated heterocycles. The van der Waals surface area contributed by atoms with Gasteiger partial charge in [-0.1, -0.05) is 45.0 Å². The summed E-state index contributed by atoms with van der Waals surface area (Å²) in [5.41, 5.74) is 2.15. The lowest BCUT2D eigenvalue weighted by Gasteiger charge is -2.22. The van der Waals surface area contributed by atoms with Gasteiger partial charge in [0.25, 0.3) is 5.91 Å². The number of hydrogen-bond donors (Lipinski definition) is 1. The maximum atomic E-state index is 12.1. The summed E-state index contributed by atoms with van der Waals surface area (Å²) in [5.74, 6) is 2.15. The number of fused-ring (bicyclic) bond motifs is 1. The minimum Gasteiger partial charge on any atom is -0.483 e. The SMILES string of the molecule is CC(C)(C)c1ccccc1OCC(=O)NCCc1ccc2c(c1)OCO2. The maximum absolute atomic E-state index is 12.1. The molecule has 0 saturated carbocycles. The third kappa shape index (κ3) is 4.48. The molecule has 0 bridgehead atoms. The molecule has 5 nitrogen and oxygen atoms in total. The lowest BCUT2D eigenvalue weighted by atomic mass is 9.86. The molecule has 0 atom stereocenters. The van der Waals surface area contributed by atoms with Crippen LogP contribution in [0.4, 0.5) is 0 Å². The van der Waals surface area contributed by atoms with E-state index in [2.05, 4.69) is 26.1 Å². The zero-order chi connectivity index (χ0) is 18.6. The van der Waals surface area contributed by atoms with Gasteiger partial charge in [0.15, 0.2) is 18.1 Å². The largest absolute Gasteiger partial charge is 0.483 e. The van der Waals surface area contributed by atoms with Crippen molar-refractivity contribution in [3.05, 3.63) is 53.6 Å². The fourth-order valence-electron chi connectivity index (χ4n) is 2.85. The average Bonchev–Trinajstić information content (AvgIpc) is 3.07. The van der Waals surface area contributed by atoms with Gasteiger partial charge in [0, 0.05) is 6.54 Å². The summed E-state index contributed by atoms with van der Waals surface area (Å²) in [7, 11) is 0. The van der Waals surface area contributed by atoms with Gasteiger partial charge < -0.3 is 19.5 Å². The number of amides is 1. The fraction of sp³-hybridized carbons (Fsp3) is 0.381.